The minimum absolute atomic E-state index is 0.00301. The van der Waals surface area contributed by atoms with E-state index in [0.717, 1.165) is 71.7 Å². The van der Waals surface area contributed by atoms with Gasteiger partial charge >= 0.3 is 0 Å². The molecule has 208 valence electrons. The second-order valence-corrected chi connectivity index (χ2v) is 11.2. The maximum absolute atomic E-state index is 14.3. The molecule has 0 aliphatic carbocycles. The van der Waals surface area contributed by atoms with E-state index in [-0.39, 0.29) is 25.2 Å². The number of carbonyl (C=O) groups excluding carboxylic acids is 2. The number of para-hydroxylation sites is 1. The molecule has 8 rings (SSSR count). The molecule has 2 saturated heterocycles. The molecule has 1 aromatic heterocycles. The van der Waals surface area contributed by atoms with E-state index in [1.54, 1.807) is 9.80 Å². The fraction of sp³-hybridized carbons (Fsp3) is 0.312. The first-order valence-electron chi connectivity index (χ1n) is 14.3. The molecular weight excluding hydrogens is 518 g/mol. The number of carbonyl (C=O) groups is 2. The van der Waals surface area contributed by atoms with Crippen LogP contribution in [0, 0.1) is 0 Å². The van der Waals surface area contributed by atoms with Gasteiger partial charge in [0.05, 0.1) is 6.04 Å². The fourth-order valence-electron chi connectivity index (χ4n) is 6.86. The molecule has 2 amide bonds. The topological polar surface area (TPSA) is 90.1 Å². The van der Waals surface area contributed by atoms with Gasteiger partial charge in [0.2, 0.25) is 12.7 Å². The average molecular weight is 550 g/mol. The van der Waals surface area contributed by atoms with Gasteiger partial charge in [0.1, 0.15) is 12.6 Å². The van der Waals surface area contributed by atoms with Gasteiger partial charge in [-0.2, -0.15) is 0 Å². The van der Waals surface area contributed by atoms with Crippen molar-refractivity contribution in [2.45, 2.75) is 25.0 Å². The number of hydrogen-bond donors (Lipinski definition) is 2. The maximum Gasteiger partial charge on any atom is 0.250 e. The Hall–Kier alpha value is -4.34. The number of H-pyrrole nitrogens is 1. The zero-order chi connectivity index (χ0) is 27.5. The minimum Gasteiger partial charge on any atom is -0.454 e. The maximum atomic E-state index is 14.3. The van der Waals surface area contributed by atoms with Gasteiger partial charge in [-0.25, -0.2) is 0 Å². The zero-order valence-corrected chi connectivity index (χ0v) is 22.6. The number of nitrogens with one attached hydrogen (secondary N) is 2. The number of aromatic amines is 1. The summed E-state index contributed by atoms with van der Waals surface area (Å²) < 4.78 is 11.2. The summed E-state index contributed by atoms with van der Waals surface area (Å²) in [6.07, 6.45) is 0.460. The van der Waals surface area contributed by atoms with Crippen LogP contribution in [0.1, 0.15) is 28.4 Å². The Morgan fingerprint density at radius 1 is 0.902 bits per heavy atom. The van der Waals surface area contributed by atoms with Gasteiger partial charge in [0, 0.05) is 61.4 Å². The van der Waals surface area contributed by atoms with Crippen molar-refractivity contribution in [3.05, 3.63) is 89.1 Å². The number of rotatable bonds is 4. The number of amides is 2. The summed E-state index contributed by atoms with van der Waals surface area (Å²) in [7, 11) is 0. The van der Waals surface area contributed by atoms with Crippen LogP contribution in [0.4, 0.5) is 5.69 Å². The van der Waals surface area contributed by atoms with Gasteiger partial charge < -0.3 is 29.6 Å². The Morgan fingerprint density at radius 2 is 1.76 bits per heavy atom. The summed E-state index contributed by atoms with van der Waals surface area (Å²) in [6, 6.07) is 21.0. The molecule has 0 unspecified atom stereocenters. The largest absolute Gasteiger partial charge is 0.454 e. The molecule has 4 aromatic rings. The van der Waals surface area contributed by atoms with E-state index in [1.165, 1.54) is 0 Å². The lowest BCUT2D eigenvalue weighted by Crippen LogP contribution is -2.63. The number of piperazine rings is 2. The van der Waals surface area contributed by atoms with Crippen LogP contribution in [-0.4, -0.2) is 72.2 Å². The molecule has 0 spiro atoms. The lowest BCUT2D eigenvalue weighted by Gasteiger charge is -2.47. The fourth-order valence-corrected chi connectivity index (χ4v) is 6.86. The summed E-state index contributed by atoms with van der Waals surface area (Å²) in [5, 5.41) is 4.48. The number of anilines is 1. The van der Waals surface area contributed by atoms with Crippen LogP contribution in [-0.2, 0) is 22.6 Å². The van der Waals surface area contributed by atoms with Crippen molar-refractivity contribution in [3.63, 3.8) is 0 Å². The summed E-state index contributed by atoms with van der Waals surface area (Å²) in [5.74, 6) is 1.21. The highest BCUT2D eigenvalue weighted by Crippen LogP contribution is 2.45. The van der Waals surface area contributed by atoms with Crippen molar-refractivity contribution in [3.8, 4) is 11.5 Å². The first kappa shape index (κ1) is 24.5. The molecule has 0 bridgehead atoms. The van der Waals surface area contributed by atoms with Crippen LogP contribution in [0.5, 0.6) is 11.5 Å². The van der Waals surface area contributed by atoms with E-state index < -0.39 is 12.1 Å². The SMILES string of the molecule is O=C1[C@H]2Cc3c([nH]c4ccccc34)[C@@H](c3ccc4c(c3)OCO4)N2C(=O)CN1c1cccc(CN2CCNCC2)c1. The van der Waals surface area contributed by atoms with Crippen molar-refractivity contribution in [2.24, 2.45) is 0 Å². The Morgan fingerprint density at radius 3 is 2.66 bits per heavy atom. The molecule has 9 nitrogen and oxygen atoms in total. The Kier molecular flexibility index (Phi) is 5.75. The molecule has 5 heterocycles. The Balaban J connectivity index is 1.18. The predicted octanol–water partition coefficient (Wildman–Crippen LogP) is 3.19. The molecular formula is C32H31N5O4. The standard InChI is InChI=1S/C32H31N5O4/c38-29-18-36(22-5-3-4-20(14-22)17-35-12-10-33-11-13-35)32(39)26-16-24-23-6-1-2-7-25(23)34-30(24)31(37(26)29)21-8-9-27-28(15-21)41-19-40-27/h1-9,14-15,26,31,33-34H,10-13,16-19H2/t26-,31-/m1/s1. The van der Waals surface area contributed by atoms with Crippen LogP contribution >= 0.6 is 0 Å². The van der Waals surface area contributed by atoms with Crippen LogP contribution in [0.25, 0.3) is 10.9 Å². The second kappa shape index (κ2) is 9.64. The zero-order valence-electron chi connectivity index (χ0n) is 22.6. The average Bonchev–Trinajstić information content (AvgIpc) is 3.63. The van der Waals surface area contributed by atoms with Crippen molar-refractivity contribution in [2.75, 3.05) is 44.4 Å². The van der Waals surface area contributed by atoms with Crippen LogP contribution in [0.3, 0.4) is 0 Å². The highest BCUT2D eigenvalue weighted by molar-refractivity contribution is 6.07. The van der Waals surface area contributed by atoms with Gasteiger partial charge in [0.15, 0.2) is 11.5 Å². The minimum atomic E-state index is -0.616. The molecule has 2 fully saturated rings. The van der Waals surface area contributed by atoms with Crippen molar-refractivity contribution >= 4 is 28.4 Å². The lowest BCUT2D eigenvalue weighted by atomic mass is 9.86. The molecule has 4 aliphatic heterocycles. The Labute approximate surface area is 237 Å². The highest BCUT2D eigenvalue weighted by atomic mass is 16.7. The van der Waals surface area contributed by atoms with E-state index in [9.17, 15) is 9.59 Å². The highest BCUT2D eigenvalue weighted by Gasteiger charge is 2.48. The third-order valence-corrected chi connectivity index (χ3v) is 8.81. The van der Waals surface area contributed by atoms with E-state index in [1.807, 2.05) is 48.5 Å². The number of aromatic nitrogens is 1. The van der Waals surface area contributed by atoms with Gasteiger partial charge in [0.25, 0.3) is 5.91 Å². The predicted molar refractivity (Wildman–Crippen MR) is 154 cm³/mol. The molecule has 41 heavy (non-hydrogen) atoms. The van der Waals surface area contributed by atoms with Gasteiger partial charge in [-0.05, 0) is 47.0 Å². The van der Waals surface area contributed by atoms with Crippen LogP contribution < -0.4 is 19.7 Å². The smallest absolute Gasteiger partial charge is 0.250 e. The van der Waals surface area contributed by atoms with Crippen LogP contribution in [0.15, 0.2) is 66.7 Å². The number of hydrogen-bond acceptors (Lipinski definition) is 6. The van der Waals surface area contributed by atoms with Crippen molar-refractivity contribution in [1.82, 2.24) is 20.1 Å². The first-order chi connectivity index (χ1) is 20.1. The summed E-state index contributed by atoms with van der Waals surface area (Å²) in [6.45, 7) is 4.96. The van der Waals surface area contributed by atoms with E-state index in [2.05, 4.69) is 33.4 Å². The molecule has 0 radical (unpaired) electrons. The molecule has 0 saturated carbocycles. The molecule has 9 heteroatoms. The molecule has 4 aliphatic rings. The van der Waals surface area contributed by atoms with Gasteiger partial charge in [-0.1, -0.05) is 36.4 Å². The van der Waals surface area contributed by atoms with Crippen LogP contribution in [0.2, 0.25) is 0 Å². The summed E-state index contributed by atoms with van der Waals surface area (Å²) >= 11 is 0. The Bertz CT molecular complexity index is 1680. The van der Waals surface area contributed by atoms with Crippen molar-refractivity contribution < 1.29 is 19.1 Å². The van der Waals surface area contributed by atoms with Crippen molar-refractivity contribution in [1.29, 1.82) is 0 Å². The third-order valence-electron chi connectivity index (χ3n) is 8.81. The van der Waals surface area contributed by atoms with E-state index >= 15 is 0 Å². The van der Waals surface area contributed by atoms with Gasteiger partial charge in [-0.15, -0.1) is 0 Å². The van der Waals surface area contributed by atoms with E-state index in [4.69, 9.17) is 9.47 Å². The molecule has 3 aromatic carbocycles. The number of nitrogens with zero attached hydrogens (tertiary/aromatic N) is 3. The lowest BCUT2D eigenvalue weighted by molar-refractivity contribution is -0.145. The second-order valence-electron chi connectivity index (χ2n) is 11.2. The monoisotopic (exact) mass is 549 g/mol. The molecule has 2 atom stereocenters. The quantitative estimate of drug-likeness (QED) is 0.407. The number of ether oxygens (including phenoxy) is 2. The summed E-state index contributed by atoms with van der Waals surface area (Å²) in [5.41, 5.74) is 5.85. The van der Waals surface area contributed by atoms with Gasteiger partial charge in [-0.3, -0.25) is 14.5 Å². The normalized spacial score (nSPS) is 22.2. The van der Waals surface area contributed by atoms with E-state index in [0.29, 0.717) is 17.9 Å². The number of fused-ring (bicyclic) bond motifs is 5. The molecule has 2 N–H and O–H groups in total. The number of benzene rings is 3. The summed E-state index contributed by atoms with van der Waals surface area (Å²) in [4.78, 5) is 37.8. The first-order valence-corrected chi connectivity index (χ1v) is 14.3. The third kappa shape index (κ3) is 4.07.